The molecule has 0 aliphatic rings. The third-order valence-corrected chi connectivity index (χ3v) is 7.44. The summed E-state index contributed by atoms with van der Waals surface area (Å²) < 4.78 is 29.0. The van der Waals surface area contributed by atoms with Crippen LogP contribution in [0.3, 0.4) is 0 Å². The van der Waals surface area contributed by atoms with Crippen molar-refractivity contribution in [3.8, 4) is 23.5 Å². The smallest absolute Gasteiger partial charge is 0.305 e. The van der Waals surface area contributed by atoms with Gasteiger partial charge in [-0.25, -0.2) is 13.8 Å². The van der Waals surface area contributed by atoms with Crippen molar-refractivity contribution in [2.24, 2.45) is 5.92 Å². The highest BCUT2D eigenvalue weighted by molar-refractivity contribution is 5.82. The van der Waals surface area contributed by atoms with Gasteiger partial charge in [-0.05, 0) is 92.6 Å². The molecule has 0 unspecified atom stereocenters. The number of carbonyl (C=O) groups is 2. The van der Waals surface area contributed by atoms with Gasteiger partial charge in [-0.2, -0.15) is 0 Å². The topological polar surface area (TPSA) is 105 Å². The maximum atomic E-state index is 14.0. The molecular formula is C34H40F2N4O4. The highest BCUT2D eigenvalue weighted by Crippen LogP contribution is 2.32. The minimum Gasteiger partial charge on any atom is -0.481 e. The summed E-state index contributed by atoms with van der Waals surface area (Å²) in [5.41, 5.74) is 2.98. The highest BCUT2D eigenvalue weighted by atomic mass is 19.3. The molecule has 234 valence electrons. The first-order valence-electron chi connectivity index (χ1n) is 14.5. The second kappa shape index (κ2) is 14.9. The number of aromatic nitrogens is 2. The molecule has 0 radical (unpaired) electrons. The largest absolute Gasteiger partial charge is 0.481 e. The molecule has 2 atom stereocenters. The number of alkyl halides is 2. The second-order valence-corrected chi connectivity index (χ2v) is 11.8. The summed E-state index contributed by atoms with van der Waals surface area (Å²) in [7, 11) is 3.69. The molecule has 3 aromatic rings. The van der Waals surface area contributed by atoms with Crippen molar-refractivity contribution in [3.63, 3.8) is 0 Å². The Hall–Kier alpha value is -4.36. The van der Waals surface area contributed by atoms with E-state index in [2.05, 4.69) is 16.2 Å². The van der Waals surface area contributed by atoms with E-state index in [9.17, 15) is 28.3 Å². The Labute approximate surface area is 257 Å². The number of pyridine rings is 2. The molecule has 0 saturated carbocycles. The molecule has 10 heteroatoms. The number of halogens is 2. The summed E-state index contributed by atoms with van der Waals surface area (Å²) in [4.78, 5) is 45.5. The Kier molecular flexibility index (Phi) is 11.5. The zero-order valence-corrected chi connectivity index (χ0v) is 26.0. The van der Waals surface area contributed by atoms with Crippen LogP contribution in [0.5, 0.6) is 0 Å². The normalized spacial score (nSPS) is 12.8. The number of amides is 1. The molecule has 8 nitrogen and oxygen atoms in total. The van der Waals surface area contributed by atoms with Gasteiger partial charge in [0.2, 0.25) is 5.91 Å². The Morgan fingerprint density at radius 1 is 1.16 bits per heavy atom. The monoisotopic (exact) mass is 606 g/mol. The number of hydrogen-bond donors (Lipinski definition) is 2. The predicted octanol–water partition coefficient (Wildman–Crippen LogP) is 5.47. The van der Waals surface area contributed by atoms with Crippen LogP contribution in [0.25, 0.3) is 11.1 Å². The van der Waals surface area contributed by atoms with Crippen LogP contribution in [0.2, 0.25) is 0 Å². The molecule has 2 N–H and O–H groups in total. The van der Waals surface area contributed by atoms with Crippen LogP contribution in [0.1, 0.15) is 78.7 Å². The molecule has 44 heavy (non-hydrogen) atoms. The third-order valence-electron chi connectivity index (χ3n) is 7.44. The summed E-state index contributed by atoms with van der Waals surface area (Å²) in [6, 6.07) is 6.50. The zero-order chi connectivity index (χ0) is 32.7. The number of hydrogen-bond acceptors (Lipinski definition) is 5. The maximum Gasteiger partial charge on any atom is 0.305 e. The molecule has 0 fully saturated rings. The lowest BCUT2D eigenvalue weighted by Gasteiger charge is -2.26. The van der Waals surface area contributed by atoms with Gasteiger partial charge in [0.1, 0.15) is 11.7 Å². The number of carbonyl (C=O) groups excluding carboxylic acids is 1. The number of aliphatic carboxylic acids is 1. The number of likely N-dealkylation sites (N-methyl/N-ethyl adjacent to an activating group) is 1. The predicted molar refractivity (Wildman–Crippen MR) is 167 cm³/mol. The number of terminal acetylenes is 1. The van der Waals surface area contributed by atoms with E-state index in [1.807, 2.05) is 64.9 Å². The number of carboxylic acids is 1. The van der Waals surface area contributed by atoms with Crippen molar-refractivity contribution in [2.75, 3.05) is 20.6 Å². The zero-order valence-electron chi connectivity index (χ0n) is 26.0. The summed E-state index contributed by atoms with van der Waals surface area (Å²) in [5, 5.41) is 12.6. The van der Waals surface area contributed by atoms with Crippen LogP contribution in [0.4, 0.5) is 8.78 Å². The first-order valence-corrected chi connectivity index (χ1v) is 14.5. The van der Waals surface area contributed by atoms with Crippen LogP contribution in [-0.2, 0) is 16.0 Å². The third kappa shape index (κ3) is 8.38. The van der Waals surface area contributed by atoms with Crippen LogP contribution >= 0.6 is 0 Å². The first kappa shape index (κ1) is 34.1. The Morgan fingerprint density at radius 3 is 2.36 bits per heavy atom. The summed E-state index contributed by atoms with van der Waals surface area (Å²) in [6.07, 6.45) is 5.68. The van der Waals surface area contributed by atoms with Gasteiger partial charge in [-0.3, -0.25) is 14.4 Å². The van der Waals surface area contributed by atoms with Gasteiger partial charge in [0.05, 0.1) is 18.0 Å². The molecule has 2 aromatic heterocycles. The molecule has 0 aliphatic heterocycles. The number of nitrogens with zero attached hydrogens (tertiary/aromatic N) is 3. The number of nitrogens with one attached hydrogen (secondary N) is 1. The van der Waals surface area contributed by atoms with E-state index in [-0.39, 0.29) is 12.3 Å². The fourth-order valence-electron chi connectivity index (χ4n) is 5.27. The molecule has 1 amide bonds. The van der Waals surface area contributed by atoms with Gasteiger partial charge >= 0.3 is 5.97 Å². The molecule has 0 spiro atoms. The van der Waals surface area contributed by atoms with E-state index in [0.717, 1.165) is 21.3 Å². The van der Waals surface area contributed by atoms with Gasteiger partial charge in [-0.15, -0.1) is 6.42 Å². The fraction of sp³-hybridized carbons (Fsp3) is 0.412. The molecule has 2 heterocycles. The van der Waals surface area contributed by atoms with Crippen LogP contribution < -0.4 is 10.9 Å². The Morgan fingerprint density at radius 2 is 1.82 bits per heavy atom. The average Bonchev–Trinajstić information content (AvgIpc) is 2.94. The van der Waals surface area contributed by atoms with Gasteiger partial charge in [0.15, 0.2) is 0 Å². The van der Waals surface area contributed by atoms with E-state index in [0.29, 0.717) is 35.3 Å². The van der Waals surface area contributed by atoms with Crippen molar-refractivity contribution in [1.82, 2.24) is 19.8 Å². The summed E-state index contributed by atoms with van der Waals surface area (Å²) in [5.74, 6) is 0.656. The first-order chi connectivity index (χ1) is 20.7. The molecule has 0 aliphatic carbocycles. The Balaban J connectivity index is 2.12. The maximum absolute atomic E-state index is 14.0. The van der Waals surface area contributed by atoms with Crippen LogP contribution in [0, 0.1) is 32.1 Å². The molecule has 0 saturated heterocycles. The lowest BCUT2D eigenvalue weighted by molar-refractivity contribution is -0.138. The van der Waals surface area contributed by atoms with E-state index in [1.54, 1.807) is 6.07 Å². The van der Waals surface area contributed by atoms with Gasteiger partial charge in [0, 0.05) is 24.5 Å². The van der Waals surface area contributed by atoms with Crippen LogP contribution in [-0.4, -0.2) is 52.1 Å². The average molecular weight is 607 g/mol. The van der Waals surface area contributed by atoms with Crippen molar-refractivity contribution in [1.29, 1.82) is 0 Å². The van der Waals surface area contributed by atoms with Gasteiger partial charge in [0.25, 0.3) is 12.0 Å². The van der Waals surface area contributed by atoms with Crippen molar-refractivity contribution in [2.45, 2.75) is 65.5 Å². The number of rotatable bonds is 13. The SMILES string of the molecule is C#Cc1ncc([C@@H](CC(=O)O)NC(=O)[C@H](CC(C)C)n2cc(CCN(C)C)cc(C(F)F)c2=O)cc1-c1c(C)cccc1C. The molecule has 0 bridgehead atoms. The minimum atomic E-state index is -3.03. The lowest BCUT2D eigenvalue weighted by Crippen LogP contribution is -2.41. The van der Waals surface area contributed by atoms with Gasteiger partial charge < -0.3 is 19.9 Å². The van der Waals surface area contributed by atoms with Crippen LogP contribution in [0.15, 0.2) is 47.5 Å². The quantitative estimate of drug-likeness (QED) is 0.250. The Bertz CT molecular complexity index is 1590. The number of aryl methyl sites for hydroxylation is 2. The van der Waals surface area contributed by atoms with Crippen molar-refractivity contribution in [3.05, 3.63) is 86.6 Å². The van der Waals surface area contributed by atoms with Crippen molar-refractivity contribution >= 4 is 11.9 Å². The lowest BCUT2D eigenvalue weighted by atomic mass is 9.92. The van der Waals surface area contributed by atoms with E-state index in [1.165, 1.54) is 18.5 Å². The summed E-state index contributed by atoms with van der Waals surface area (Å²) in [6.45, 7) is 8.11. The van der Waals surface area contributed by atoms with E-state index in [4.69, 9.17) is 6.42 Å². The van der Waals surface area contributed by atoms with E-state index >= 15 is 0 Å². The highest BCUT2D eigenvalue weighted by Gasteiger charge is 2.29. The number of carboxylic acid groups (broad SMARTS) is 1. The minimum absolute atomic E-state index is 0.0942. The van der Waals surface area contributed by atoms with Gasteiger partial charge in [-0.1, -0.05) is 32.0 Å². The van der Waals surface area contributed by atoms with Crippen molar-refractivity contribution < 1.29 is 23.5 Å². The standard InChI is InChI=1S/C34H40F2N4O4/c1-8-27-25(31-21(4)10-9-11-22(31)5)16-24(18-37-27)28(17-30(41)42)38-33(43)29(14-20(2)3)40-19-23(12-13-39(6)7)15-26(32(35)36)34(40)44/h1,9-11,15-16,18-20,28-29,32H,12-14,17H2,2-7H3,(H,38,43)(H,41,42)/t28-,29+/m1/s1. The second-order valence-electron chi connectivity index (χ2n) is 11.8. The summed E-state index contributed by atoms with van der Waals surface area (Å²) >= 11 is 0. The van der Waals surface area contributed by atoms with E-state index < -0.39 is 47.9 Å². The molecular weight excluding hydrogens is 566 g/mol. The number of benzene rings is 1. The fourth-order valence-corrected chi connectivity index (χ4v) is 5.27. The molecule has 3 rings (SSSR count). The molecule has 1 aromatic carbocycles.